The molecule has 4 atom stereocenters. The molecule has 1 saturated carbocycles. The Balaban J connectivity index is 1.34. The minimum Gasteiger partial charge on any atom is -0.495 e. The first kappa shape index (κ1) is 32.4. The highest BCUT2D eigenvalue weighted by molar-refractivity contribution is 6.41. The number of hydrogen-bond donors (Lipinski definition) is 3. The molecule has 3 aliphatic rings. The molecule has 44 heavy (non-hydrogen) atoms. The average Bonchev–Trinajstić information content (AvgIpc) is 3.04. The number of aliphatic hydroxyl groups excluding tert-OH is 1. The molecule has 0 bridgehead atoms. The fourth-order valence-corrected chi connectivity index (χ4v) is 7.17. The molecule has 0 radical (unpaired) electrons. The second-order valence-corrected chi connectivity index (χ2v) is 12.1. The fourth-order valence-electron chi connectivity index (χ4n) is 6.45. The number of fused-ring (bicyclic) bond motifs is 1. The van der Waals surface area contributed by atoms with Crippen molar-refractivity contribution in [2.75, 3.05) is 69.1 Å². The number of anilines is 3. The minimum atomic E-state index is -1.14. The van der Waals surface area contributed by atoms with Gasteiger partial charge in [0.25, 0.3) is 0 Å². The van der Waals surface area contributed by atoms with Crippen LogP contribution in [-0.2, 0) is 11.3 Å². The quantitative estimate of drug-likeness (QED) is 0.348. The van der Waals surface area contributed by atoms with E-state index in [-0.39, 0.29) is 34.6 Å². The Morgan fingerprint density at radius 3 is 2.43 bits per heavy atom. The number of nitrogens with one attached hydrogen (secondary N) is 2. The predicted molar refractivity (Wildman–Crippen MR) is 173 cm³/mol. The summed E-state index contributed by atoms with van der Waals surface area (Å²) in [4.78, 5) is 30.1. The summed E-state index contributed by atoms with van der Waals surface area (Å²) in [5.41, 5.74) is 1.15. The topological polar surface area (TPSA) is 119 Å². The first-order valence-corrected chi connectivity index (χ1v) is 15.7. The van der Waals surface area contributed by atoms with Crippen molar-refractivity contribution in [3.05, 3.63) is 40.5 Å². The summed E-state index contributed by atoms with van der Waals surface area (Å²) in [6, 6.07) is 1.82. The minimum absolute atomic E-state index is 0.0673. The van der Waals surface area contributed by atoms with Gasteiger partial charge in [0, 0.05) is 63.1 Å². The lowest BCUT2D eigenvalue weighted by molar-refractivity contribution is -0.117. The van der Waals surface area contributed by atoms with Crippen LogP contribution in [-0.4, -0.2) is 109 Å². The van der Waals surface area contributed by atoms with Gasteiger partial charge < -0.3 is 39.9 Å². The van der Waals surface area contributed by atoms with Gasteiger partial charge in [-0.25, -0.2) is 4.98 Å². The van der Waals surface area contributed by atoms with Crippen LogP contribution in [0.25, 0.3) is 0 Å². The second-order valence-electron chi connectivity index (χ2n) is 11.4. The summed E-state index contributed by atoms with van der Waals surface area (Å²) >= 11 is 13.3. The van der Waals surface area contributed by atoms with Crippen molar-refractivity contribution in [2.45, 2.75) is 57.2 Å². The number of carbonyl (C=O) groups is 1. The van der Waals surface area contributed by atoms with E-state index in [1.807, 2.05) is 0 Å². The van der Waals surface area contributed by atoms with Gasteiger partial charge in [-0.05, 0) is 31.9 Å². The molecule has 2 aliphatic heterocycles. The van der Waals surface area contributed by atoms with E-state index in [1.54, 1.807) is 29.1 Å². The molecule has 1 aliphatic carbocycles. The number of likely N-dealkylation sites (N-methyl/N-ethyl adjacent to an activating group) is 1. The molecule has 2 aromatic rings. The molecule has 0 spiro atoms. The van der Waals surface area contributed by atoms with Crippen LogP contribution in [0.4, 0.5) is 17.5 Å². The number of rotatable bonds is 9. The summed E-state index contributed by atoms with van der Waals surface area (Å²) in [6.45, 7) is 11.4. The number of hydrogen-bond acceptors (Lipinski definition) is 11. The third kappa shape index (κ3) is 6.50. The summed E-state index contributed by atoms with van der Waals surface area (Å²) < 4.78 is 10.8. The van der Waals surface area contributed by atoms with Crippen molar-refractivity contribution < 1.29 is 19.4 Å². The number of halogens is 2. The fraction of sp³-hybridized carbons (Fsp3) is 0.567. The molecular weight excluding hydrogens is 607 g/mol. The summed E-state index contributed by atoms with van der Waals surface area (Å²) in [6.07, 6.45) is 4.59. The van der Waals surface area contributed by atoms with E-state index in [4.69, 9.17) is 37.7 Å². The number of nitrogens with zero attached hydrogens (tertiary/aromatic N) is 6. The lowest BCUT2D eigenvalue weighted by Crippen LogP contribution is -2.57. The van der Waals surface area contributed by atoms with Crippen LogP contribution in [0, 0.1) is 0 Å². The van der Waals surface area contributed by atoms with Gasteiger partial charge >= 0.3 is 0 Å². The van der Waals surface area contributed by atoms with Crippen molar-refractivity contribution in [3.8, 4) is 11.5 Å². The molecule has 14 heteroatoms. The van der Waals surface area contributed by atoms with Gasteiger partial charge in [0.1, 0.15) is 27.4 Å². The molecule has 5 rings (SSSR count). The molecule has 240 valence electrons. The first-order valence-electron chi connectivity index (χ1n) is 15.0. The Bertz CT molecular complexity index is 1330. The van der Waals surface area contributed by atoms with E-state index in [9.17, 15) is 9.90 Å². The Kier molecular flexibility index (Phi) is 10.3. The highest BCUT2D eigenvalue weighted by atomic mass is 35.5. The Hall–Kier alpha value is -3.03. The predicted octanol–water partition coefficient (Wildman–Crippen LogP) is 3.17. The van der Waals surface area contributed by atoms with Crippen LogP contribution in [0.2, 0.25) is 10.0 Å². The molecule has 4 unspecified atom stereocenters. The normalized spacial score (nSPS) is 24.4. The zero-order valence-corrected chi connectivity index (χ0v) is 27.2. The molecular formula is C30H42Cl2N8O4. The molecule has 1 amide bonds. The molecule has 12 nitrogen and oxygen atoms in total. The van der Waals surface area contributed by atoms with Crippen LogP contribution in [0.3, 0.4) is 0 Å². The van der Waals surface area contributed by atoms with E-state index in [0.717, 1.165) is 57.5 Å². The maximum Gasteiger partial charge on any atom is 0.243 e. The van der Waals surface area contributed by atoms with Gasteiger partial charge in [0.15, 0.2) is 0 Å². The molecule has 3 heterocycles. The third-order valence-electron chi connectivity index (χ3n) is 9.00. The van der Waals surface area contributed by atoms with Gasteiger partial charge in [0.2, 0.25) is 18.2 Å². The number of aromatic nitrogens is 2. The largest absolute Gasteiger partial charge is 0.495 e. The van der Waals surface area contributed by atoms with Crippen molar-refractivity contribution in [2.24, 2.45) is 0 Å². The monoisotopic (exact) mass is 648 g/mol. The number of piperazine rings is 1. The van der Waals surface area contributed by atoms with Crippen LogP contribution in [0.5, 0.6) is 11.5 Å². The second kappa shape index (κ2) is 13.9. The molecule has 3 N–H and O–H groups in total. The number of ether oxygens (including phenoxy) is 2. The lowest BCUT2D eigenvalue weighted by Gasteiger charge is -2.45. The van der Waals surface area contributed by atoms with Gasteiger partial charge in [-0.3, -0.25) is 9.69 Å². The Labute approximate surface area is 268 Å². The van der Waals surface area contributed by atoms with E-state index in [0.29, 0.717) is 35.0 Å². The highest BCUT2D eigenvalue weighted by Crippen LogP contribution is 2.48. The number of aliphatic hydroxyl groups is 1. The van der Waals surface area contributed by atoms with E-state index in [1.165, 1.54) is 20.3 Å². The Morgan fingerprint density at radius 2 is 1.82 bits per heavy atom. The average molecular weight is 650 g/mol. The van der Waals surface area contributed by atoms with Crippen molar-refractivity contribution in [1.29, 1.82) is 0 Å². The third-order valence-corrected chi connectivity index (χ3v) is 9.73. The van der Waals surface area contributed by atoms with Gasteiger partial charge in [-0.15, -0.1) is 0 Å². The molecule has 1 saturated heterocycles. The van der Waals surface area contributed by atoms with Crippen molar-refractivity contribution >= 4 is 46.6 Å². The van der Waals surface area contributed by atoms with E-state index in [2.05, 4.69) is 38.9 Å². The summed E-state index contributed by atoms with van der Waals surface area (Å²) in [7, 11) is 4.74. The number of amides is 1. The highest BCUT2D eigenvalue weighted by Gasteiger charge is 2.37. The zero-order chi connectivity index (χ0) is 31.5. The summed E-state index contributed by atoms with van der Waals surface area (Å²) in [5.74, 6) is 1.54. The van der Waals surface area contributed by atoms with Gasteiger partial charge in [0.05, 0.1) is 32.5 Å². The number of benzene rings is 1. The molecule has 1 aromatic heterocycles. The standard InChI is InChI=1S/C30H42Cl2N8O4/c1-6-24(41)34-21-14-19(39-12-10-38(7-2)11-13-39)8-9-20(21)35-29-33-16-18-17-40(30(42)37(3)28(18)36-29)27-25(31)22(43-4)15-23(44-5)26(27)32/h6,15-16,19-21,30,42H,1,7-14,17H2,2-5H3,(H,34,41)(H,33,35,36). The molecule has 1 aromatic carbocycles. The zero-order valence-electron chi connectivity index (χ0n) is 25.7. The number of methoxy groups -OCH3 is 2. The maximum absolute atomic E-state index is 12.4. The van der Waals surface area contributed by atoms with Crippen LogP contribution < -0.4 is 29.9 Å². The van der Waals surface area contributed by atoms with Crippen LogP contribution in [0.15, 0.2) is 24.9 Å². The molecule has 2 fully saturated rings. The first-order chi connectivity index (χ1) is 21.2. The van der Waals surface area contributed by atoms with Gasteiger partial charge in [-0.2, -0.15) is 4.98 Å². The maximum atomic E-state index is 12.4. The Morgan fingerprint density at radius 1 is 1.14 bits per heavy atom. The summed E-state index contributed by atoms with van der Waals surface area (Å²) in [5, 5.41) is 18.5. The van der Waals surface area contributed by atoms with Crippen LogP contribution in [0.1, 0.15) is 31.7 Å². The number of carbonyl (C=O) groups excluding carboxylic acids is 1. The van der Waals surface area contributed by atoms with E-state index >= 15 is 0 Å². The van der Waals surface area contributed by atoms with E-state index < -0.39 is 6.35 Å². The van der Waals surface area contributed by atoms with Gasteiger partial charge in [-0.1, -0.05) is 36.7 Å². The smallest absolute Gasteiger partial charge is 0.243 e. The van der Waals surface area contributed by atoms with Crippen molar-refractivity contribution in [3.63, 3.8) is 0 Å². The SMILES string of the molecule is C=CC(=O)NC1CC(N2CCN(CC)CC2)CCC1Nc1ncc2c(n1)N(C)C(O)N(c1c(Cl)c(OC)cc(OC)c1Cl)C2. The van der Waals surface area contributed by atoms with Crippen molar-refractivity contribution in [1.82, 2.24) is 25.1 Å². The van der Waals surface area contributed by atoms with Crippen LogP contribution >= 0.6 is 23.2 Å². The lowest BCUT2D eigenvalue weighted by atomic mass is 9.85.